The molecule has 122 valence electrons. The second kappa shape index (κ2) is 7.35. The van der Waals surface area contributed by atoms with Gasteiger partial charge in [0.1, 0.15) is 12.3 Å². The number of carbonyl (C=O) groups excluding carboxylic acids is 3. The molecule has 23 heavy (non-hydrogen) atoms. The van der Waals surface area contributed by atoms with Gasteiger partial charge in [-0.05, 0) is 72.0 Å². The Morgan fingerprint density at radius 2 is 2.13 bits per heavy atom. The first kappa shape index (κ1) is 17.8. The Kier molecular flexibility index (Phi) is 5.69. The van der Waals surface area contributed by atoms with E-state index in [9.17, 15) is 19.5 Å². The number of halogens is 1. The molecule has 1 N–H and O–H groups in total. The number of rotatable bonds is 4. The number of aromatic hydroxyl groups is 1. The summed E-state index contributed by atoms with van der Waals surface area (Å²) in [6.07, 6.45) is 1.25. The standard InChI is InChI=1S/C15H14INO5S/c1-8(2)22-13(19)7-17-14(20)12(23-15(17)21)6-9-3-4-11(18)10(16)5-9/h3-6,8,18H,7H2,1-2H3/b12-6+. The Hall–Kier alpha value is -1.55. The first-order chi connectivity index (χ1) is 10.8. The van der Waals surface area contributed by atoms with Crippen molar-refractivity contribution in [3.8, 4) is 5.75 Å². The number of phenolic OH excluding ortho intramolecular Hbond substituents is 1. The van der Waals surface area contributed by atoms with Crippen LogP contribution in [0.25, 0.3) is 6.08 Å². The Labute approximate surface area is 151 Å². The van der Waals surface area contributed by atoms with Crippen LogP contribution in [0.15, 0.2) is 23.1 Å². The average molecular weight is 447 g/mol. The maximum Gasteiger partial charge on any atom is 0.326 e. The zero-order chi connectivity index (χ0) is 17.1. The van der Waals surface area contributed by atoms with Crippen molar-refractivity contribution < 1.29 is 24.2 Å². The second-order valence-corrected chi connectivity index (χ2v) is 7.17. The van der Waals surface area contributed by atoms with Crippen molar-refractivity contribution in [2.75, 3.05) is 6.54 Å². The van der Waals surface area contributed by atoms with Crippen LogP contribution in [0.1, 0.15) is 19.4 Å². The van der Waals surface area contributed by atoms with Gasteiger partial charge in [0.15, 0.2) is 0 Å². The van der Waals surface area contributed by atoms with Crippen LogP contribution in [0.5, 0.6) is 5.75 Å². The van der Waals surface area contributed by atoms with Crippen molar-refractivity contribution in [2.24, 2.45) is 0 Å². The Balaban J connectivity index is 2.15. The molecular formula is C15H14INO5S. The van der Waals surface area contributed by atoms with Crippen molar-refractivity contribution in [2.45, 2.75) is 20.0 Å². The third kappa shape index (κ3) is 4.47. The lowest BCUT2D eigenvalue weighted by molar-refractivity contribution is -0.149. The van der Waals surface area contributed by atoms with Gasteiger partial charge in [0.25, 0.3) is 11.1 Å². The Bertz CT molecular complexity index is 701. The predicted molar refractivity (Wildman–Crippen MR) is 94.7 cm³/mol. The summed E-state index contributed by atoms with van der Waals surface area (Å²) in [7, 11) is 0. The number of carbonyl (C=O) groups is 3. The zero-order valence-electron chi connectivity index (χ0n) is 12.4. The van der Waals surface area contributed by atoms with Gasteiger partial charge in [-0.2, -0.15) is 0 Å². The molecule has 0 bridgehead atoms. The molecule has 0 radical (unpaired) electrons. The maximum absolute atomic E-state index is 12.3. The van der Waals surface area contributed by atoms with E-state index in [-0.39, 0.29) is 16.8 Å². The van der Waals surface area contributed by atoms with E-state index in [2.05, 4.69) is 0 Å². The quantitative estimate of drug-likeness (QED) is 0.434. The number of amides is 2. The molecule has 0 aliphatic carbocycles. The van der Waals surface area contributed by atoms with E-state index in [0.717, 1.165) is 16.7 Å². The Morgan fingerprint density at radius 3 is 2.74 bits per heavy atom. The van der Waals surface area contributed by atoms with Crippen molar-refractivity contribution >= 4 is 57.5 Å². The van der Waals surface area contributed by atoms with Crippen LogP contribution in [0.2, 0.25) is 0 Å². The number of ether oxygens (including phenoxy) is 1. The molecule has 1 aromatic carbocycles. The summed E-state index contributed by atoms with van der Waals surface area (Å²) in [6.45, 7) is 2.99. The highest BCUT2D eigenvalue weighted by molar-refractivity contribution is 14.1. The highest BCUT2D eigenvalue weighted by Gasteiger charge is 2.36. The van der Waals surface area contributed by atoms with Crippen LogP contribution < -0.4 is 0 Å². The highest BCUT2D eigenvalue weighted by Crippen LogP contribution is 2.32. The molecule has 0 unspecified atom stereocenters. The van der Waals surface area contributed by atoms with Crippen LogP contribution in [0, 0.1) is 3.57 Å². The van der Waals surface area contributed by atoms with Crippen molar-refractivity contribution in [3.63, 3.8) is 0 Å². The SMILES string of the molecule is CC(C)OC(=O)CN1C(=O)S/C(=C/c2ccc(O)c(I)c2)C1=O. The topological polar surface area (TPSA) is 83.9 Å². The van der Waals surface area contributed by atoms with Gasteiger partial charge >= 0.3 is 5.97 Å². The highest BCUT2D eigenvalue weighted by atomic mass is 127. The van der Waals surface area contributed by atoms with E-state index in [1.54, 1.807) is 32.1 Å². The van der Waals surface area contributed by atoms with Crippen LogP contribution in [-0.4, -0.2) is 39.8 Å². The predicted octanol–water partition coefficient (Wildman–Crippen LogP) is 2.98. The number of nitrogens with zero attached hydrogens (tertiary/aromatic N) is 1. The number of thioether (sulfide) groups is 1. The van der Waals surface area contributed by atoms with Crippen molar-refractivity contribution in [1.29, 1.82) is 0 Å². The molecule has 1 aliphatic rings. The molecule has 1 heterocycles. The molecule has 0 aromatic heterocycles. The molecule has 1 saturated heterocycles. The third-order valence-corrected chi connectivity index (χ3v) is 4.57. The smallest absolute Gasteiger partial charge is 0.326 e. The molecule has 0 spiro atoms. The van der Waals surface area contributed by atoms with Crippen LogP contribution >= 0.6 is 34.4 Å². The van der Waals surface area contributed by atoms with Gasteiger partial charge in [0.05, 0.1) is 14.6 Å². The molecule has 2 amide bonds. The van der Waals surface area contributed by atoms with Gasteiger partial charge in [0, 0.05) is 0 Å². The second-order valence-electron chi connectivity index (χ2n) is 5.02. The summed E-state index contributed by atoms with van der Waals surface area (Å²) in [5.74, 6) is -1.00. The number of esters is 1. The monoisotopic (exact) mass is 447 g/mol. The third-order valence-electron chi connectivity index (χ3n) is 2.80. The minimum absolute atomic E-state index is 0.146. The fourth-order valence-corrected chi connectivity index (χ4v) is 3.21. The van der Waals surface area contributed by atoms with Gasteiger partial charge in [-0.25, -0.2) is 0 Å². The minimum Gasteiger partial charge on any atom is -0.507 e. The molecule has 1 fully saturated rings. The Morgan fingerprint density at radius 1 is 1.43 bits per heavy atom. The number of hydrogen-bond donors (Lipinski definition) is 1. The van der Waals surface area contributed by atoms with Crippen LogP contribution in [0.3, 0.4) is 0 Å². The summed E-state index contributed by atoms with van der Waals surface area (Å²) >= 11 is 2.74. The van der Waals surface area contributed by atoms with Crippen LogP contribution in [0.4, 0.5) is 4.79 Å². The first-order valence-corrected chi connectivity index (χ1v) is 8.61. The van der Waals surface area contributed by atoms with Gasteiger partial charge in [0.2, 0.25) is 0 Å². The van der Waals surface area contributed by atoms with E-state index in [1.165, 1.54) is 6.07 Å². The average Bonchev–Trinajstić information content (AvgIpc) is 2.70. The lowest BCUT2D eigenvalue weighted by atomic mass is 10.2. The molecule has 1 aromatic rings. The number of imide groups is 1. The van der Waals surface area contributed by atoms with E-state index in [4.69, 9.17) is 4.74 Å². The maximum atomic E-state index is 12.3. The molecule has 0 saturated carbocycles. The summed E-state index contributed by atoms with van der Waals surface area (Å²) < 4.78 is 5.58. The number of hydrogen-bond acceptors (Lipinski definition) is 6. The van der Waals surface area contributed by atoms with Gasteiger partial charge < -0.3 is 9.84 Å². The molecule has 0 atom stereocenters. The molecule has 2 rings (SSSR count). The van der Waals surface area contributed by atoms with E-state index in [0.29, 0.717) is 9.13 Å². The normalized spacial score (nSPS) is 16.5. The summed E-state index contributed by atoms with van der Waals surface area (Å²) in [4.78, 5) is 36.9. The molecule has 1 aliphatic heterocycles. The molecular weight excluding hydrogens is 433 g/mol. The van der Waals surface area contributed by atoms with Gasteiger partial charge in [-0.3, -0.25) is 19.3 Å². The molecule has 8 heteroatoms. The van der Waals surface area contributed by atoms with E-state index < -0.39 is 23.7 Å². The van der Waals surface area contributed by atoms with Crippen LogP contribution in [-0.2, 0) is 14.3 Å². The largest absolute Gasteiger partial charge is 0.507 e. The lowest BCUT2D eigenvalue weighted by Crippen LogP contribution is -2.35. The number of benzene rings is 1. The summed E-state index contributed by atoms with van der Waals surface area (Å²) in [5.41, 5.74) is 0.683. The van der Waals surface area contributed by atoms with Crippen molar-refractivity contribution in [1.82, 2.24) is 4.90 Å². The number of phenols is 1. The summed E-state index contributed by atoms with van der Waals surface area (Å²) in [6, 6.07) is 4.84. The van der Waals surface area contributed by atoms with Crippen molar-refractivity contribution in [3.05, 3.63) is 32.2 Å². The van der Waals surface area contributed by atoms with E-state index in [1.807, 2.05) is 22.6 Å². The summed E-state index contributed by atoms with van der Waals surface area (Å²) in [5, 5.41) is 8.99. The lowest BCUT2D eigenvalue weighted by Gasteiger charge is -2.13. The van der Waals surface area contributed by atoms with Gasteiger partial charge in [-0.15, -0.1) is 0 Å². The van der Waals surface area contributed by atoms with E-state index >= 15 is 0 Å². The zero-order valence-corrected chi connectivity index (χ0v) is 15.4. The fraction of sp³-hybridized carbons (Fsp3) is 0.267. The fourth-order valence-electron chi connectivity index (χ4n) is 1.83. The van der Waals surface area contributed by atoms with Gasteiger partial charge in [-0.1, -0.05) is 6.07 Å². The molecule has 6 nitrogen and oxygen atoms in total. The minimum atomic E-state index is -0.622. The first-order valence-electron chi connectivity index (χ1n) is 6.71.